The molecule has 21 heavy (non-hydrogen) atoms. The molecule has 2 unspecified atom stereocenters. The third kappa shape index (κ3) is 4.88. The Bertz CT molecular complexity index is 458. The summed E-state index contributed by atoms with van der Waals surface area (Å²) in [6.45, 7) is 6.14. The first kappa shape index (κ1) is 17.2. The molecule has 0 radical (unpaired) electrons. The van der Waals surface area contributed by atoms with E-state index in [0.717, 1.165) is 12.0 Å². The summed E-state index contributed by atoms with van der Waals surface area (Å²) in [5.41, 5.74) is 1.07. The van der Waals surface area contributed by atoms with Crippen LogP contribution < -0.4 is 0 Å². The zero-order valence-electron chi connectivity index (χ0n) is 13.3. The molecular formula is C17H25NO3. The van der Waals surface area contributed by atoms with Gasteiger partial charge in [0, 0.05) is 13.0 Å². The zero-order chi connectivity index (χ0) is 15.8. The second kappa shape index (κ2) is 8.45. The lowest BCUT2D eigenvalue weighted by molar-refractivity contribution is -0.147. The Balaban J connectivity index is 2.91. The minimum Gasteiger partial charge on any atom is -0.469 e. The van der Waals surface area contributed by atoms with Gasteiger partial charge < -0.3 is 9.64 Å². The van der Waals surface area contributed by atoms with Crippen molar-refractivity contribution in [3.8, 4) is 0 Å². The van der Waals surface area contributed by atoms with Crippen molar-refractivity contribution >= 4 is 11.9 Å². The second-order valence-corrected chi connectivity index (χ2v) is 5.31. The molecule has 0 saturated heterocycles. The van der Waals surface area contributed by atoms with Crippen LogP contribution in [0.2, 0.25) is 0 Å². The molecular weight excluding hydrogens is 266 g/mol. The largest absolute Gasteiger partial charge is 0.469 e. The first-order valence-corrected chi connectivity index (χ1v) is 7.43. The molecule has 0 aliphatic heterocycles. The van der Waals surface area contributed by atoms with Crippen molar-refractivity contribution in [2.24, 2.45) is 5.92 Å². The van der Waals surface area contributed by atoms with Gasteiger partial charge in [-0.3, -0.25) is 9.59 Å². The molecule has 0 aliphatic carbocycles. The van der Waals surface area contributed by atoms with Gasteiger partial charge in [-0.15, -0.1) is 0 Å². The highest BCUT2D eigenvalue weighted by Gasteiger charge is 2.25. The first-order valence-electron chi connectivity index (χ1n) is 7.43. The van der Waals surface area contributed by atoms with Gasteiger partial charge in [0.2, 0.25) is 5.91 Å². The Hall–Kier alpha value is -1.84. The Kier molecular flexibility index (Phi) is 6.92. The maximum absolute atomic E-state index is 12.4. The van der Waals surface area contributed by atoms with Gasteiger partial charge in [-0.05, 0) is 18.9 Å². The number of benzene rings is 1. The third-order valence-electron chi connectivity index (χ3n) is 3.61. The van der Waals surface area contributed by atoms with Crippen LogP contribution in [0.15, 0.2) is 30.3 Å². The molecule has 4 heteroatoms. The van der Waals surface area contributed by atoms with Crippen molar-refractivity contribution in [2.45, 2.75) is 39.7 Å². The summed E-state index contributed by atoms with van der Waals surface area (Å²) in [6, 6.07) is 9.80. The van der Waals surface area contributed by atoms with E-state index >= 15 is 0 Å². The number of methoxy groups -OCH3 is 1. The molecule has 1 aromatic carbocycles. The predicted octanol–water partition coefficient (Wildman–Crippen LogP) is 3.19. The summed E-state index contributed by atoms with van der Waals surface area (Å²) in [5.74, 6) is -0.545. The van der Waals surface area contributed by atoms with E-state index in [1.165, 1.54) is 7.11 Å². The van der Waals surface area contributed by atoms with Gasteiger partial charge in [0.1, 0.15) is 0 Å². The molecule has 0 bridgehead atoms. The van der Waals surface area contributed by atoms with Crippen LogP contribution in [0.1, 0.15) is 45.2 Å². The van der Waals surface area contributed by atoms with E-state index in [0.29, 0.717) is 13.0 Å². The number of carbonyl (C=O) groups excluding carboxylic acids is 2. The van der Waals surface area contributed by atoms with Crippen molar-refractivity contribution in [2.75, 3.05) is 13.7 Å². The molecule has 0 saturated carbocycles. The van der Waals surface area contributed by atoms with E-state index in [1.807, 2.05) is 44.2 Å². The van der Waals surface area contributed by atoms with Crippen LogP contribution in [0.25, 0.3) is 0 Å². The van der Waals surface area contributed by atoms with Crippen LogP contribution in [0, 0.1) is 5.92 Å². The Morgan fingerprint density at radius 1 is 1.19 bits per heavy atom. The van der Waals surface area contributed by atoms with Crippen LogP contribution in [0.4, 0.5) is 0 Å². The molecule has 0 aliphatic rings. The lowest BCUT2D eigenvalue weighted by Crippen LogP contribution is -2.38. The predicted molar refractivity (Wildman–Crippen MR) is 82.7 cm³/mol. The number of esters is 1. The van der Waals surface area contributed by atoms with Crippen LogP contribution in [0.5, 0.6) is 0 Å². The SMILES string of the molecule is CCCC(=O)N(CC(C)C(=O)OC)C(C)c1ccccc1. The molecule has 1 rings (SSSR count). The van der Waals surface area contributed by atoms with Gasteiger partial charge in [0.15, 0.2) is 0 Å². The molecule has 4 nitrogen and oxygen atoms in total. The molecule has 0 aromatic heterocycles. The smallest absolute Gasteiger partial charge is 0.310 e. The van der Waals surface area contributed by atoms with Crippen LogP contribution >= 0.6 is 0 Å². The number of amides is 1. The van der Waals surface area contributed by atoms with Crippen molar-refractivity contribution in [3.63, 3.8) is 0 Å². The fourth-order valence-electron chi connectivity index (χ4n) is 2.32. The minimum absolute atomic E-state index is 0.0580. The topological polar surface area (TPSA) is 46.6 Å². The number of ether oxygens (including phenoxy) is 1. The van der Waals surface area contributed by atoms with Gasteiger partial charge >= 0.3 is 5.97 Å². The van der Waals surface area contributed by atoms with E-state index in [-0.39, 0.29) is 23.8 Å². The lowest BCUT2D eigenvalue weighted by atomic mass is 10.0. The lowest BCUT2D eigenvalue weighted by Gasteiger charge is -2.31. The monoisotopic (exact) mass is 291 g/mol. The molecule has 0 N–H and O–H groups in total. The highest BCUT2D eigenvalue weighted by atomic mass is 16.5. The van der Waals surface area contributed by atoms with Gasteiger partial charge in [-0.1, -0.05) is 44.2 Å². The highest BCUT2D eigenvalue weighted by Crippen LogP contribution is 2.22. The Labute approximate surface area is 127 Å². The van der Waals surface area contributed by atoms with Crippen molar-refractivity contribution in [1.82, 2.24) is 4.90 Å². The maximum atomic E-state index is 12.4. The summed E-state index contributed by atoms with van der Waals surface area (Å²) < 4.78 is 4.76. The van der Waals surface area contributed by atoms with Gasteiger partial charge in [0.25, 0.3) is 0 Å². The molecule has 0 spiro atoms. The number of hydrogen-bond acceptors (Lipinski definition) is 3. The van der Waals surface area contributed by atoms with Gasteiger partial charge in [-0.25, -0.2) is 0 Å². The number of rotatable bonds is 7. The Morgan fingerprint density at radius 2 is 1.81 bits per heavy atom. The van der Waals surface area contributed by atoms with Crippen LogP contribution in [0.3, 0.4) is 0 Å². The standard InChI is InChI=1S/C17H25NO3/c1-5-9-16(19)18(12-13(2)17(20)21-4)14(3)15-10-7-6-8-11-15/h6-8,10-11,13-14H,5,9,12H2,1-4H3. The molecule has 116 valence electrons. The van der Waals surface area contributed by atoms with Gasteiger partial charge in [-0.2, -0.15) is 0 Å². The molecule has 2 atom stereocenters. The fraction of sp³-hybridized carbons (Fsp3) is 0.529. The van der Waals surface area contributed by atoms with E-state index in [9.17, 15) is 9.59 Å². The normalized spacial score (nSPS) is 13.3. The average molecular weight is 291 g/mol. The van der Waals surface area contributed by atoms with E-state index in [4.69, 9.17) is 4.74 Å². The van der Waals surface area contributed by atoms with Crippen molar-refractivity contribution < 1.29 is 14.3 Å². The third-order valence-corrected chi connectivity index (χ3v) is 3.61. The first-order chi connectivity index (χ1) is 10.0. The summed E-state index contributed by atoms with van der Waals surface area (Å²) in [5, 5.41) is 0. The molecule has 1 aromatic rings. The van der Waals surface area contributed by atoms with Crippen molar-refractivity contribution in [1.29, 1.82) is 0 Å². The number of hydrogen-bond donors (Lipinski definition) is 0. The number of nitrogens with zero attached hydrogens (tertiary/aromatic N) is 1. The molecule has 0 fully saturated rings. The van der Waals surface area contributed by atoms with Crippen LogP contribution in [-0.4, -0.2) is 30.4 Å². The quantitative estimate of drug-likeness (QED) is 0.725. The van der Waals surface area contributed by atoms with E-state index < -0.39 is 0 Å². The zero-order valence-corrected chi connectivity index (χ0v) is 13.3. The Morgan fingerprint density at radius 3 is 2.33 bits per heavy atom. The summed E-state index contributed by atoms with van der Waals surface area (Å²) >= 11 is 0. The average Bonchev–Trinajstić information content (AvgIpc) is 2.51. The minimum atomic E-state index is -0.332. The fourth-order valence-corrected chi connectivity index (χ4v) is 2.32. The van der Waals surface area contributed by atoms with E-state index in [2.05, 4.69) is 0 Å². The summed E-state index contributed by atoms with van der Waals surface area (Å²) in [4.78, 5) is 25.8. The number of carbonyl (C=O) groups is 2. The van der Waals surface area contributed by atoms with E-state index in [1.54, 1.807) is 11.8 Å². The maximum Gasteiger partial charge on any atom is 0.310 e. The molecule has 1 amide bonds. The van der Waals surface area contributed by atoms with Crippen LogP contribution in [-0.2, 0) is 14.3 Å². The summed E-state index contributed by atoms with van der Waals surface area (Å²) in [6.07, 6.45) is 1.29. The highest BCUT2D eigenvalue weighted by molar-refractivity contribution is 5.78. The second-order valence-electron chi connectivity index (χ2n) is 5.31. The molecule has 0 heterocycles. The van der Waals surface area contributed by atoms with Gasteiger partial charge in [0.05, 0.1) is 19.1 Å². The van der Waals surface area contributed by atoms with Crippen molar-refractivity contribution in [3.05, 3.63) is 35.9 Å². The summed E-state index contributed by atoms with van der Waals surface area (Å²) in [7, 11) is 1.37.